The Morgan fingerprint density at radius 1 is 0.472 bits per heavy atom. The first-order chi connectivity index (χ1) is 17.6. The Hall–Kier alpha value is -3.97. The van der Waals surface area contributed by atoms with E-state index in [1.54, 1.807) is 0 Å². The molecular formula is C33H27B2N. The van der Waals surface area contributed by atoms with Crippen molar-refractivity contribution in [3.8, 4) is 0 Å². The summed E-state index contributed by atoms with van der Waals surface area (Å²) in [5, 5.41) is 0. The number of benzene rings is 5. The third-order valence-electron chi connectivity index (χ3n) is 8.11. The molecule has 36 heavy (non-hydrogen) atoms. The summed E-state index contributed by atoms with van der Waals surface area (Å²) in [6.45, 7) is 7.21. The minimum atomic E-state index is 0.218. The van der Waals surface area contributed by atoms with Gasteiger partial charge >= 0.3 is 0 Å². The molecule has 0 N–H and O–H groups in total. The SMILES string of the molecule is Cc1cc(C)c(B2c3ccccc3B3c4ccccc4N(c4ccccc4)c4cccc2c43)c(C)c1. The van der Waals surface area contributed by atoms with Crippen LogP contribution in [0.3, 0.4) is 0 Å². The summed E-state index contributed by atoms with van der Waals surface area (Å²) in [5.41, 5.74) is 16.4. The normalized spacial score (nSPS) is 13.2. The Kier molecular flexibility index (Phi) is 4.76. The fourth-order valence-electron chi connectivity index (χ4n) is 6.89. The van der Waals surface area contributed by atoms with Crippen molar-refractivity contribution in [1.82, 2.24) is 0 Å². The fourth-order valence-corrected chi connectivity index (χ4v) is 6.89. The molecule has 0 bridgehead atoms. The molecular weight excluding hydrogens is 432 g/mol. The summed E-state index contributed by atoms with van der Waals surface area (Å²) < 4.78 is 0. The van der Waals surface area contributed by atoms with Crippen LogP contribution >= 0.6 is 0 Å². The minimum absolute atomic E-state index is 0.218. The van der Waals surface area contributed by atoms with Crippen molar-refractivity contribution in [1.29, 1.82) is 0 Å². The van der Waals surface area contributed by atoms with E-state index in [9.17, 15) is 0 Å². The second-order valence-electron chi connectivity index (χ2n) is 10.3. The molecule has 170 valence electrons. The van der Waals surface area contributed by atoms with Gasteiger partial charge in [0.05, 0.1) is 0 Å². The van der Waals surface area contributed by atoms with Gasteiger partial charge in [-0.05, 0) is 56.0 Å². The highest BCUT2D eigenvalue weighted by Crippen LogP contribution is 2.35. The molecule has 0 spiro atoms. The number of aryl methyl sites for hydroxylation is 3. The smallest absolute Gasteiger partial charge is 0.245 e. The Balaban J connectivity index is 1.59. The monoisotopic (exact) mass is 459 g/mol. The number of nitrogens with zero attached hydrogens (tertiary/aromatic N) is 1. The van der Waals surface area contributed by atoms with E-state index in [4.69, 9.17) is 0 Å². The van der Waals surface area contributed by atoms with Gasteiger partial charge in [-0.3, -0.25) is 0 Å². The molecule has 0 amide bonds. The van der Waals surface area contributed by atoms with Crippen molar-refractivity contribution in [3.05, 3.63) is 126 Å². The van der Waals surface area contributed by atoms with Gasteiger partial charge in [-0.15, -0.1) is 0 Å². The molecule has 7 rings (SSSR count). The molecule has 1 nitrogen and oxygen atoms in total. The van der Waals surface area contributed by atoms with E-state index in [1.165, 1.54) is 66.5 Å². The van der Waals surface area contributed by atoms with Crippen LogP contribution in [-0.4, -0.2) is 13.4 Å². The van der Waals surface area contributed by atoms with E-state index in [-0.39, 0.29) is 13.4 Å². The number of anilines is 3. The minimum Gasteiger partial charge on any atom is -0.312 e. The Bertz CT molecular complexity index is 1620. The van der Waals surface area contributed by atoms with Crippen molar-refractivity contribution >= 4 is 63.3 Å². The second kappa shape index (κ2) is 8.03. The molecule has 0 saturated heterocycles. The van der Waals surface area contributed by atoms with Crippen molar-refractivity contribution in [2.24, 2.45) is 0 Å². The zero-order chi connectivity index (χ0) is 24.4. The lowest BCUT2D eigenvalue weighted by Crippen LogP contribution is -2.77. The van der Waals surface area contributed by atoms with Crippen LogP contribution in [0.4, 0.5) is 17.1 Å². The van der Waals surface area contributed by atoms with Crippen LogP contribution in [0.1, 0.15) is 16.7 Å². The van der Waals surface area contributed by atoms with Gasteiger partial charge in [-0.25, -0.2) is 0 Å². The van der Waals surface area contributed by atoms with Crippen molar-refractivity contribution < 1.29 is 0 Å². The topological polar surface area (TPSA) is 3.24 Å². The number of rotatable bonds is 2. The van der Waals surface area contributed by atoms with Crippen LogP contribution < -0.4 is 37.7 Å². The summed E-state index contributed by atoms with van der Waals surface area (Å²) in [5.74, 6) is 0. The molecule has 0 atom stereocenters. The van der Waals surface area contributed by atoms with Gasteiger partial charge in [0.15, 0.2) is 0 Å². The van der Waals surface area contributed by atoms with E-state index in [0.29, 0.717) is 0 Å². The quantitative estimate of drug-likeness (QED) is 0.357. The molecule has 2 aliphatic rings. The van der Waals surface area contributed by atoms with Crippen molar-refractivity contribution in [3.63, 3.8) is 0 Å². The molecule has 0 saturated carbocycles. The average Bonchev–Trinajstić information content (AvgIpc) is 2.89. The number of para-hydroxylation sites is 2. The first-order valence-electron chi connectivity index (χ1n) is 12.9. The van der Waals surface area contributed by atoms with Gasteiger partial charge in [0, 0.05) is 17.1 Å². The number of hydrogen-bond donors (Lipinski definition) is 0. The number of fused-ring (bicyclic) bond motifs is 4. The molecule has 5 aromatic rings. The van der Waals surface area contributed by atoms with Crippen LogP contribution in [0.15, 0.2) is 109 Å². The summed E-state index contributed by atoms with van der Waals surface area (Å²) in [6.07, 6.45) is 0. The van der Waals surface area contributed by atoms with Crippen LogP contribution in [-0.2, 0) is 0 Å². The first-order valence-corrected chi connectivity index (χ1v) is 12.9. The standard InChI is InChI=1S/C33H27B2N/c1-22-20-23(2)32(24(3)21-22)35-27-15-8-7-14-26(27)34-28-16-9-10-18-30(28)36(25-12-5-4-6-13-25)31-19-11-17-29(35)33(31)34/h4-21H,1-3H3. The molecule has 0 aromatic heterocycles. The largest absolute Gasteiger partial charge is 0.312 e. The average molecular weight is 459 g/mol. The third-order valence-corrected chi connectivity index (χ3v) is 8.11. The highest BCUT2D eigenvalue weighted by molar-refractivity contribution is 7.12. The maximum Gasteiger partial charge on any atom is 0.245 e. The summed E-state index contributed by atoms with van der Waals surface area (Å²) in [4.78, 5) is 2.46. The predicted molar refractivity (Wildman–Crippen MR) is 158 cm³/mol. The van der Waals surface area contributed by atoms with Crippen LogP contribution in [0.2, 0.25) is 0 Å². The van der Waals surface area contributed by atoms with Crippen LogP contribution in [0.5, 0.6) is 0 Å². The zero-order valence-corrected chi connectivity index (χ0v) is 21.0. The van der Waals surface area contributed by atoms with E-state index in [1.807, 2.05) is 0 Å². The van der Waals surface area contributed by atoms with Gasteiger partial charge < -0.3 is 4.90 Å². The fraction of sp³-hybridized carbons (Fsp3) is 0.0909. The maximum absolute atomic E-state index is 2.46. The van der Waals surface area contributed by atoms with Gasteiger partial charge in [-0.2, -0.15) is 0 Å². The van der Waals surface area contributed by atoms with Crippen LogP contribution in [0.25, 0.3) is 0 Å². The van der Waals surface area contributed by atoms with E-state index in [2.05, 4.69) is 135 Å². The second-order valence-corrected chi connectivity index (χ2v) is 10.3. The lowest BCUT2D eigenvalue weighted by atomic mass is 9.20. The highest BCUT2D eigenvalue weighted by Gasteiger charge is 2.44. The molecule has 0 aliphatic carbocycles. The number of hydrogen-bond acceptors (Lipinski definition) is 1. The van der Waals surface area contributed by atoms with Crippen LogP contribution in [0, 0.1) is 20.8 Å². The lowest BCUT2D eigenvalue weighted by molar-refractivity contribution is 1.29. The lowest BCUT2D eigenvalue weighted by Gasteiger charge is -2.42. The molecule has 5 aromatic carbocycles. The van der Waals surface area contributed by atoms with E-state index >= 15 is 0 Å². The van der Waals surface area contributed by atoms with E-state index < -0.39 is 0 Å². The van der Waals surface area contributed by atoms with Gasteiger partial charge in [0.2, 0.25) is 13.4 Å². The molecule has 0 radical (unpaired) electrons. The molecule has 0 fully saturated rings. The Labute approximate surface area is 214 Å². The van der Waals surface area contributed by atoms with Gasteiger partial charge in [0.1, 0.15) is 0 Å². The molecule has 2 heterocycles. The zero-order valence-electron chi connectivity index (χ0n) is 21.0. The first kappa shape index (κ1) is 21.3. The summed E-state index contributed by atoms with van der Waals surface area (Å²) in [7, 11) is 0. The molecule has 3 heteroatoms. The van der Waals surface area contributed by atoms with E-state index in [0.717, 1.165) is 0 Å². The molecule has 2 aliphatic heterocycles. The Morgan fingerprint density at radius 2 is 1.00 bits per heavy atom. The van der Waals surface area contributed by atoms with Gasteiger partial charge in [0.25, 0.3) is 0 Å². The highest BCUT2D eigenvalue weighted by atomic mass is 15.1. The summed E-state index contributed by atoms with van der Waals surface area (Å²) >= 11 is 0. The maximum atomic E-state index is 2.46. The third kappa shape index (κ3) is 2.99. The Morgan fingerprint density at radius 3 is 1.69 bits per heavy atom. The van der Waals surface area contributed by atoms with Gasteiger partial charge in [-0.1, -0.05) is 123 Å². The van der Waals surface area contributed by atoms with Crippen molar-refractivity contribution in [2.75, 3.05) is 4.90 Å². The predicted octanol–water partition coefficient (Wildman–Crippen LogP) is 3.74. The van der Waals surface area contributed by atoms with Crippen molar-refractivity contribution in [2.45, 2.75) is 20.8 Å². The summed E-state index contributed by atoms with van der Waals surface area (Å²) in [6, 6.07) is 40.6. The molecule has 0 unspecified atom stereocenters.